The average Bonchev–Trinajstić information content (AvgIpc) is 2.79. The van der Waals surface area contributed by atoms with E-state index in [-0.39, 0.29) is 0 Å². The minimum Gasteiger partial charge on any atom is -0.439 e. The van der Waals surface area contributed by atoms with Gasteiger partial charge in [0.15, 0.2) is 5.58 Å². The van der Waals surface area contributed by atoms with Gasteiger partial charge in [0.2, 0.25) is 5.89 Å². The lowest BCUT2D eigenvalue weighted by Crippen LogP contribution is -2.32. The van der Waals surface area contributed by atoms with Crippen LogP contribution in [0.15, 0.2) is 22.6 Å². The van der Waals surface area contributed by atoms with E-state index in [9.17, 15) is 0 Å². The molecule has 2 N–H and O–H groups in total. The molecular weight excluding hydrogens is 258 g/mol. The number of hydrogen-bond acceptors (Lipinski definition) is 5. The van der Waals surface area contributed by atoms with Crippen molar-refractivity contribution in [3.8, 4) is 0 Å². The second kappa shape index (κ2) is 6.30. The molecule has 2 rings (SSSR count). The first kappa shape index (κ1) is 14.2. The molecule has 5 heteroatoms. The molecule has 2 aromatic rings. The molecule has 0 spiro atoms. The first-order chi connectivity index (χ1) is 9.15. The summed E-state index contributed by atoms with van der Waals surface area (Å²) in [4.78, 5) is 6.78. The Morgan fingerprint density at radius 2 is 2.26 bits per heavy atom. The molecule has 0 aliphatic heterocycles. The van der Waals surface area contributed by atoms with E-state index >= 15 is 0 Å². The molecule has 104 valence electrons. The van der Waals surface area contributed by atoms with Crippen molar-refractivity contribution in [1.82, 2.24) is 9.88 Å². The standard InChI is InChI=1S/C14H21N3OS/c1-4-10(9-19-3)17(2)8-13-16-14-11(15)6-5-7-12(14)18-13/h5-7,10H,4,8-9,15H2,1-3H3. The molecule has 1 heterocycles. The predicted octanol–water partition coefficient (Wildman–Crippen LogP) is 2.98. The Kier molecular flexibility index (Phi) is 4.71. The van der Waals surface area contributed by atoms with Crippen LogP contribution in [0.3, 0.4) is 0 Å². The highest BCUT2D eigenvalue weighted by molar-refractivity contribution is 7.98. The fourth-order valence-corrected chi connectivity index (χ4v) is 3.05. The van der Waals surface area contributed by atoms with E-state index in [0.717, 1.165) is 29.2 Å². The monoisotopic (exact) mass is 279 g/mol. The lowest BCUT2D eigenvalue weighted by molar-refractivity contribution is 0.226. The van der Waals surface area contributed by atoms with Gasteiger partial charge in [0.05, 0.1) is 12.2 Å². The summed E-state index contributed by atoms with van der Waals surface area (Å²) in [7, 11) is 2.11. The highest BCUT2D eigenvalue weighted by atomic mass is 32.2. The summed E-state index contributed by atoms with van der Waals surface area (Å²) < 4.78 is 5.75. The molecule has 0 saturated heterocycles. The Bertz CT molecular complexity index is 540. The number of thioether (sulfide) groups is 1. The van der Waals surface area contributed by atoms with Crippen LogP contribution in [-0.4, -0.2) is 35.0 Å². The highest BCUT2D eigenvalue weighted by Gasteiger charge is 2.16. The van der Waals surface area contributed by atoms with E-state index in [1.807, 2.05) is 30.0 Å². The van der Waals surface area contributed by atoms with Gasteiger partial charge in [-0.1, -0.05) is 13.0 Å². The number of rotatable bonds is 6. The maximum atomic E-state index is 5.89. The smallest absolute Gasteiger partial charge is 0.209 e. The molecule has 19 heavy (non-hydrogen) atoms. The SMILES string of the molecule is CCC(CSC)N(C)Cc1nc2c(N)cccc2o1. The number of anilines is 1. The number of nitrogens with two attached hydrogens (primary N) is 1. The van der Waals surface area contributed by atoms with Crippen LogP contribution in [0.1, 0.15) is 19.2 Å². The number of benzene rings is 1. The Morgan fingerprint density at radius 1 is 1.47 bits per heavy atom. The molecule has 1 aromatic carbocycles. The molecule has 1 unspecified atom stereocenters. The van der Waals surface area contributed by atoms with Crippen molar-refractivity contribution in [2.75, 3.05) is 24.8 Å². The van der Waals surface area contributed by atoms with E-state index < -0.39 is 0 Å². The van der Waals surface area contributed by atoms with Crippen molar-refractivity contribution in [3.05, 3.63) is 24.1 Å². The van der Waals surface area contributed by atoms with Crippen LogP contribution in [0.2, 0.25) is 0 Å². The highest BCUT2D eigenvalue weighted by Crippen LogP contribution is 2.22. The van der Waals surface area contributed by atoms with E-state index in [4.69, 9.17) is 10.2 Å². The van der Waals surface area contributed by atoms with Gasteiger partial charge in [0, 0.05) is 11.8 Å². The number of fused-ring (bicyclic) bond motifs is 1. The second-order valence-electron chi connectivity index (χ2n) is 4.73. The zero-order chi connectivity index (χ0) is 13.8. The number of nitrogens with zero attached hydrogens (tertiary/aromatic N) is 2. The Morgan fingerprint density at radius 3 is 2.89 bits per heavy atom. The molecule has 1 atom stereocenters. The molecule has 1 aromatic heterocycles. The number of nitrogen functional groups attached to an aromatic ring is 1. The molecule has 0 amide bonds. The fraction of sp³-hybridized carbons (Fsp3) is 0.500. The first-order valence-electron chi connectivity index (χ1n) is 6.48. The lowest BCUT2D eigenvalue weighted by Gasteiger charge is -2.24. The van der Waals surface area contributed by atoms with E-state index in [1.54, 1.807) is 0 Å². The normalized spacial score (nSPS) is 13.3. The number of hydrogen-bond donors (Lipinski definition) is 1. The molecule has 0 bridgehead atoms. The minimum absolute atomic E-state index is 0.544. The zero-order valence-corrected chi connectivity index (χ0v) is 12.5. The number of oxazole rings is 1. The van der Waals surface area contributed by atoms with Crippen LogP contribution in [0.4, 0.5) is 5.69 Å². The number of aromatic nitrogens is 1. The van der Waals surface area contributed by atoms with Gasteiger partial charge < -0.3 is 10.2 Å². The molecule has 0 saturated carbocycles. The second-order valence-corrected chi connectivity index (χ2v) is 5.64. The van der Waals surface area contributed by atoms with Crippen LogP contribution < -0.4 is 5.73 Å². The summed E-state index contributed by atoms with van der Waals surface area (Å²) in [5.74, 6) is 1.85. The van der Waals surface area contributed by atoms with Crippen molar-refractivity contribution in [2.45, 2.75) is 25.9 Å². The summed E-state index contributed by atoms with van der Waals surface area (Å²) in [6.07, 6.45) is 3.26. The van der Waals surface area contributed by atoms with Gasteiger partial charge in [-0.3, -0.25) is 4.90 Å². The number of para-hydroxylation sites is 1. The van der Waals surface area contributed by atoms with Crippen LogP contribution in [0, 0.1) is 0 Å². The van der Waals surface area contributed by atoms with Gasteiger partial charge in [0.25, 0.3) is 0 Å². The fourth-order valence-electron chi connectivity index (χ4n) is 2.17. The third-order valence-electron chi connectivity index (χ3n) is 3.33. The molecule has 0 radical (unpaired) electrons. The maximum Gasteiger partial charge on any atom is 0.209 e. The Balaban J connectivity index is 2.14. The predicted molar refractivity (Wildman–Crippen MR) is 82.3 cm³/mol. The summed E-state index contributed by atoms with van der Waals surface area (Å²) in [6, 6.07) is 6.18. The maximum absolute atomic E-state index is 5.89. The van der Waals surface area contributed by atoms with E-state index in [1.165, 1.54) is 0 Å². The summed E-state index contributed by atoms with van der Waals surface area (Å²) in [6.45, 7) is 2.93. The van der Waals surface area contributed by atoms with Crippen LogP contribution in [0.5, 0.6) is 0 Å². The first-order valence-corrected chi connectivity index (χ1v) is 7.88. The third kappa shape index (κ3) is 3.22. The zero-order valence-electron chi connectivity index (χ0n) is 11.7. The quantitative estimate of drug-likeness (QED) is 0.824. The molecule has 4 nitrogen and oxygen atoms in total. The topological polar surface area (TPSA) is 55.3 Å². The van der Waals surface area contributed by atoms with Crippen molar-refractivity contribution in [1.29, 1.82) is 0 Å². The summed E-state index contributed by atoms with van der Waals surface area (Å²) >= 11 is 1.87. The average molecular weight is 279 g/mol. The minimum atomic E-state index is 0.544. The van der Waals surface area contributed by atoms with Gasteiger partial charge in [-0.25, -0.2) is 4.98 Å². The van der Waals surface area contributed by atoms with E-state index in [0.29, 0.717) is 18.3 Å². The van der Waals surface area contributed by atoms with Gasteiger partial charge in [-0.15, -0.1) is 0 Å². The van der Waals surface area contributed by atoms with Crippen molar-refractivity contribution >= 4 is 28.5 Å². The lowest BCUT2D eigenvalue weighted by atomic mass is 10.2. The van der Waals surface area contributed by atoms with Crippen LogP contribution in [-0.2, 0) is 6.54 Å². The third-order valence-corrected chi connectivity index (χ3v) is 4.05. The van der Waals surface area contributed by atoms with Crippen molar-refractivity contribution in [2.24, 2.45) is 0 Å². The van der Waals surface area contributed by atoms with Crippen LogP contribution >= 0.6 is 11.8 Å². The Labute approximate surface area is 118 Å². The molecule has 0 fully saturated rings. The van der Waals surface area contributed by atoms with Crippen molar-refractivity contribution in [3.63, 3.8) is 0 Å². The molecule has 0 aliphatic rings. The van der Waals surface area contributed by atoms with Crippen molar-refractivity contribution < 1.29 is 4.42 Å². The summed E-state index contributed by atoms with van der Waals surface area (Å²) in [5, 5.41) is 0. The van der Waals surface area contributed by atoms with Crippen LogP contribution in [0.25, 0.3) is 11.1 Å². The molecular formula is C14H21N3OS. The largest absolute Gasteiger partial charge is 0.439 e. The van der Waals surface area contributed by atoms with Gasteiger partial charge in [0.1, 0.15) is 5.52 Å². The van der Waals surface area contributed by atoms with E-state index in [2.05, 4.69) is 30.1 Å². The van der Waals surface area contributed by atoms with Gasteiger partial charge >= 0.3 is 0 Å². The summed E-state index contributed by atoms with van der Waals surface area (Å²) in [5.41, 5.74) is 8.10. The van der Waals surface area contributed by atoms with Gasteiger partial charge in [-0.2, -0.15) is 11.8 Å². The Hall–Kier alpha value is -1.20. The van der Waals surface area contributed by atoms with Gasteiger partial charge in [-0.05, 0) is 31.9 Å². The molecule has 0 aliphatic carbocycles.